The van der Waals surface area contributed by atoms with E-state index in [2.05, 4.69) is 4.90 Å². The molecule has 118 valence electrons. The molecule has 0 amide bonds. The topological polar surface area (TPSA) is 59.1 Å². The highest BCUT2D eigenvalue weighted by atomic mass is 32.2. The van der Waals surface area contributed by atoms with E-state index in [1.165, 1.54) is 4.31 Å². The van der Waals surface area contributed by atoms with Crippen molar-refractivity contribution in [3.63, 3.8) is 0 Å². The maximum absolute atomic E-state index is 12.1. The van der Waals surface area contributed by atoms with Crippen molar-refractivity contribution < 1.29 is 17.9 Å². The number of hydrogen-bond acceptors (Lipinski definition) is 5. The predicted molar refractivity (Wildman–Crippen MR) is 77.2 cm³/mol. The third-order valence-corrected chi connectivity index (χ3v) is 5.81. The van der Waals surface area contributed by atoms with Crippen molar-refractivity contribution in [3.8, 4) is 0 Å². The van der Waals surface area contributed by atoms with Crippen LogP contribution in [0.1, 0.15) is 13.3 Å². The van der Waals surface area contributed by atoms with Crippen molar-refractivity contribution in [1.29, 1.82) is 0 Å². The minimum absolute atomic E-state index is 0.129. The van der Waals surface area contributed by atoms with E-state index in [1.807, 2.05) is 14.1 Å². The fourth-order valence-electron chi connectivity index (χ4n) is 3.07. The highest BCUT2D eigenvalue weighted by molar-refractivity contribution is 7.89. The minimum Gasteiger partial charge on any atom is -0.377 e. The number of ether oxygens (including phenoxy) is 2. The minimum atomic E-state index is -3.19. The van der Waals surface area contributed by atoms with Gasteiger partial charge in [0, 0.05) is 19.6 Å². The second-order valence-electron chi connectivity index (χ2n) is 6.11. The first kappa shape index (κ1) is 16.2. The second kappa shape index (κ2) is 6.27. The zero-order valence-electron chi connectivity index (χ0n) is 12.7. The van der Waals surface area contributed by atoms with Gasteiger partial charge in [0.1, 0.15) is 5.60 Å². The molecule has 0 aromatic carbocycles. The van der Waals surface area contributed by atoms with Crippen LogP contribution in [-0.4, -0.2) is 82.5 Å². The van der Waals surface area contributed by atoms with Crippen molar-refractivity contribution in [1.82, 2.24) is 9.21 Å². The molecule has 0 radical (unpaired) electrons. The zero-order chi connectivity index (χ0) is 14.8. The lowest BCUT2D eigenvalue weighted by Crippen LogP contribution is -2.46. The summed E-state index contributed by atoms with van der Waals surface area (Å²) < 4.78 is 37.4. The molecule has 2 atom stereocenters. The molecule has 20 heavy (non-hydrogen) atoms. The normalized spacial score (nSPS) is 32.9. The molecule has 2 rings (SSSR count). The fourth-order valence-corrected chi connectivity index (χ4v) is 4.22. The Labute approximate surface area is 122 Å². The van der Waals surface area contributed by atoms with Gasteiger partial charge in [0.25, 0.3) is 0 Å². The molecule has 0 saturated carbocycles. The van der Waals surface area contributed by atoms with Gasteiger partial charge >= 0.3 is 0 Å². The van der Waals surface area contributed by atoms with E-state index in [-0.39, 0.29) is 5.75 Å². The first-order valence-electron chi connectivity index (χ1n) is 7.21. The number of rotatable bonds is 4. The Morgan fingerprint density at radius 3 is 2.80 bits per heavy atom. The quantitative estimate of drug-likeness (QED) is 0.732. The van der Waals surface area contributed by atoms with E-state index in [9.17, 15) is 8.42 Å². The second-order valence-corrected chi connectivity index (χ2v) is 8.37. The largest absolute Gasteiger partial charge is 0.377 e. The highest BCUT2D eigenvalue weighted by Gasteiger charge is 2.45. The van der Waals surface area contributed by atoms with E-state index in [0.29, 0.717) is 38.8 Å². The van der Waals surface area contributed by atoms with Crippen molar-refractivity contribution in [2.45, 2.75) is 18.9 Å². The van der Waals surface area contributed by atoms with E-state index >= 15 is 0 Å². The van der Waals surface area contributed by atoms with Crippen LogP contribution >= 0.6 is 0 Å². The van der Waals surface area contributed by atoms with Crippen LogP contribution < -0.4 is 0 Å². The van der Waals surface area contributed by atoms with Gasteiger partial charge in [-0.1, -0.05) is 0 Å². The smallest absolute Gasteiger partial charge is 0.214 e. The Bertz CT molecular complexity index is 426. The van der Waals surface area contributed by atoms with E-state index in [4.69, 9.17) is 9.47 Å². The molecule has 0 N–H and O–H groups in total. The maximum Gasteiger partial charge on any atom is 0.214 e. The number of hydrogen-bond donors (Lipinski definition) is 0. The van der Waals surface area contributed by atoms with Gasteiger partial charge in [0.05, 0.1) is 25.6 Å². The summed E-state index contributed by atoms with van der Waals surface area (Å²) in [5.74, 6) is 0.572. The molecule has 0 aliphatic carbocycles. The summed E-state index contributed by atoms with van der Waals surface area (Å²) in [6.07, 6.45) is 0.862. The third-order valence-electron chi connectivity index (χ3n) is 3.98. The van der Waals surface area contributed by atoms with Crippen LogP contribution in [0.2, 0.25) is 0 Å². The van der Waals surface area contributed by atoms with Crippen LogP contribution in [-0.2, 0) is 19.5 Å². The Morgan fingerprint density at radius 1 is 1.40 bits per heavy atom. The first-order valence-corrected chi connectivity index (χ1v) is 8.82. The van der Waals surface area contributed by atoms with Crippen LogP contribution in [0.15, 0.2) is 0 Å². The Kier molecular flexibility index (Phi) is 5.07. The summed E-state index contributed by atoms with van der Waals surface area (Å²) in [7, 11) is 0.903. The van der Waals surface area contributed by atoms with E-state index < -0.39 is 15.6 Å². The van der Waals surface area contributed by atoms with Gasteiger partial charge in [-0.15, -0.1) is 0 Å². The van der Waals surface area contributed by atoms with Gasteiger partial charge in [0.15, 0.2) is 0 Å². The molecule has 0 bridgehead atoms. The zero-order valence-corrected chi connectivity index (χ0v) is 13.5. The van der Waals surface area contributed by atoms with Gasteiger partial charge in [-0.05, 0) is 33.4 Å². The number of nitrogens with zero attached hydrogens (tertiary/aromatic N) is 2. The van der Waals surface area contributed by atoms with E-state index in [0.717, 1.165) is 13.0 Å². The highest BCUT2D eigenvalue weighted by Crippen LogP contribution is 2.33. The Morgan fingerprint density at radius 2 is 2.15 bits per heavy atom. The lowest BCUT2D eigenvalue weighted by atomic mass is 9.94. The molecule has 0 aromatic heterocycles. The summed E-state index contributed by atoms with van der Waals surface area (Å²) >= 11 is 0. The summed E-state index contributed by atoms with van der Waals surface area (Å²) in [5.41, 5.74) is -0.459. The molecule has 2 aliphatic heterocycles. The SMILES string of the molecule is CCS(=O)(=O)N1CCOC[C@@]2(C[C@H](CN(C)C)CO2)C1. The molecule has 2 heterocycles. The molecule has 7 heteroatoms. The number of sulfonamides is 1. The summed E-state index contributed by atoms with van der Waals surface area (Å²) in [5, 5.41) is 0. The molecule has 0 unspecified atom stereocenters. The van der Waals surface area contributed by atoms with Gasteiger partial charge in [-0.2, -0.15) is 4.31 Å². The lowest BCUT2D eigenvalue weighted by Gasteiger charge is -2.30. The molecule has 2 aliphatic rings. The van der Waals surface area contributed by atoms with Gasteiger partial charge < -0.3 is 14.4 Å². The first-order chi connectivity index (χ1) is 9.37. The van der Waals surface area contributed by atoms with Crippen molar-refractivity contribution >= 4 is 10.0 Å². The van der Waals surface area contributed by atoms with Crippen LogP contribution in [0.3, 0.4) is 0 Å². The van der Waals surface area contributed by atoms with Crippen LogP contribution in [0.25, 0.3) is 0 Å². The van der Waals surface area contributed by atoms with Crippen molar-refractivity contribution in [2.24, 2.45) is 5.92 Å². The fraction of sp³-hybridized carbons (Fsp3) is 1.00. The van der Waals surface area contributed by atoms with E-state index in [1.54, 1.807) is 6.92 Å². The molecule has 6 nitrogen and oxygen atoms in total. The third kappa shape index (κ3) is 3.71. The van der Waals surface area contributed by atoms with Crippen LogP contribution in [0, 0.1) is 5.92 Å². The summed E-state index contributed by atoms with van der Waals surface area (Å²) in [6, 6.07) is 0. The molecular weight excluding hydrogens is 280 g/mol. The van der Waals surface area contributed by atoms with Gasteiger partial charge in [0.2, 0.25) is 10.0 Å². The predicted octanol–water partition coefficient (Wildman–Crippen LogP) is 0.00520. The molecule has 0 aromatic rings. The molecular formula is C13H26N2O4S. The molecule has 2 fully saturated rings. The van der Waals surface area contributed by atoms with Gasteiger partial charge in [-0.25, -0.2) is 8.42 Å². The van der Waals surface area contributed by atoms with Crippen molar-refractivity contribution in [2.75, 3.05) is 59.3 Å². The Hall–Kier alpha value is -0.210. The van der Waals surface area contributed by atoms with Crippen LogP contribution in [0.5, 0.6) is 0 Å². The lowest BCUT2D eigenvalue weighted by molar-refractivity contribution is -0.0512. The van der Waals surface area contributed by atoms with Crippen LogP contribution in [0.4, 0.5) is 0 Å². The average Bonchev–Trinajstić information content (AvgIpc) is 2.62. The Balaban J connectivity index is 2.07. The molecule has 1 spiro atoms. The summed E-state index contributed by atoms with van der Waals surface area (Å²) in [6.45, 7) is 5.12. The van der Waals surface area contributed by atoms with Crippen molar-refractivity contribution in [3.05, 3.63) is 0 Å². The molecule has 2 saturated heterocycles. The van der Waals surface area contributed by atoms with Gasteiger partial charge in [-0.3, -0.25) is 0 Å². The summed E-state index contributed by atoms with van der Waals surface area (Å²) in [4.78, 5) is 2.14. The average molecular weight is 306 g/mol. The maximum atomic E-state index is 12.1. The monoisotopic (exact) mass is 306 g/mol. The standard InChI is InChI=1S/C13H26N2O4S/c1-4-20(16,17)15-5-6-18-11-13(10-15)7-12(9-19-13)8-14(2)3/h12H,4-11H2,1-3H3/t12-,13-/m1/s1.